The second-order valence-electron chi connectivity index (χ2n) is 8.23. The van der Waals surface area contributed by atoms with Gasteiger partial charge >= 0.3 is 21.7 Å². The molecule has 2 heterocycles. The maximum atomic E-state index is 12.8. The van der Waals surface area contributed by atoms with Crippen LogP contribution in [0, 0.1) is 0 Å². The predicted octanol–water partition coefficient (Wildman–Crippen LogP) is 3.42. The summed E-state index contributed by atoms with van der Waals surface area (Å²) in [4.78, 5) is 13.9. The monoisotopic (exact) mass is 441 g/mol. The normalized spacial score (nSPS) is 18.4. The van der Waals surface area contributed by atoms with Gasteiger partial charge in [0.2, 0.25) is 5.88 Å². The fraction of sp³-hybridized carbons (Fsp3) is 0.765. The van der Waals surface area contributed by atoms with Crippen molar-refractivity contribution in [3.63, 3.8) is 0 Å². The molecule has 8 nitrogen and oxygen atoms in total. The van der Waals surface area contributed by atoms with E-state index in [1.165, 1.54) is 4.90 Å². The summed E-state index contributed by atoms with van der Waals surface area (Å²) in [6, 6.07) is -0.786. The molecule has 0 fully saturated rings. The van der Waals surface area contributed by atoms with Gasteiger partial charge in [0, 0.05) is 24.6 Å². The summed E-state index contributed by atoms with van der Waals surface area (Å²) in [7, 11) is -5.86. The van der Waals surface area contributed by atoms with E-state index >= 15 is 0 Å². The first kappa shape index (κ1) is 23.3. The molecule has 1 aromatic heterocycles. The fourth-order valence-electron chi connectivity index (χ4n) is 2.94. The highest BCUT2D eigenvalue weighted by molar-refractivity contribution is 7.87. The van der Waals surface area contributed by atoms with Gasteiger partial charge in [-0.1, -0.05) is 0 Å². The molecule has 0 radical (unpaired) electrons. The van der Waals surface area contributed by atoms with Gasteiger partial charge in [-0.25, -0.2) is 9.48 Å². The minimum atomic E-state index is -5.86. The van der Waals surface area contributed by atoms with E-state index in [4.69, 9.17) is 4.74 Å². The molecule has 1 aromatic rings. The van der Waals surface area contributed by atoms with Gasteiger partial charge in [0.15, 0.2) is 0 Å². The number of alkyl halides is 3. The number of aromatic nitrogens is 2. The molecule has 29 heavy (non-hydrogen) atoms. The highest BCUT2D eigenvalue weighted by atomic mass is 32.2. The van der Waals surface area contributed by atoms with Crippen LogP contribution >= 0.6 is 0 Å². The summed E-state index contributed by atoms with van der Waals surface area (Å²) >= 11 is 0. The Balaban J connectivity index is 2.40. The van der Waals surface area contributed by atoms with Crippen molar-refractivity contribution in [1.82, 2.24) is 14.7 Å². The van der Waals surface area contributed by atoms with Crippen molar-refractivity contribution in [1.29, 1.82) is 0 Å². The van der Waals surface area contributed by atoms with E-state index < -0.39 is 39.2 Å². The Morgan fingerprint density at radius 1 is 1.24 bits per heavy atom. The Labute approximate surface area is 168 Å². The van der Waals surface area contributed by atoms with E-state index in [9.17, 15) is 26.4 Å². The summed E-state index contributed by atoms with van der Waals surface area (Å²) in [6.45, 7) is 10.4. The van der Waals surface area contributed by atoms with Crippen LogP contribution in [0.3, 0.4) is 0 Å². The number of amides is 1. The molecule has 0 saturated heterocycles. The van der Waals surface area contributed by atoms with Gasteiger partial charge in [-0.3, -0.25) is 0 Å². The number of halogens is 3. The zero-order valence-electron chi connectivity index (χ0n) is 17.2. The maximum Gasteiger partial charge on any atom is 0.534 e. The van der Waals surface area contributed by atoms with E-state index in [0.717, 1.165) is 4.68 Å². The summed E-state index contributed by atoms with van der Waals surface area (Å²) in [5.74, 6) is -0.467. The van der Waals surface area contributed by atoms with Gasteiger partial charge in [0.25, 0.3) is 0 Å². The molecule has 1 aliphatic rings. The second kappa shape index (κ2) is 7.69. The number of carbonyl (C=O) groups excluding carboxylic acids is 1. The van der Waals surface area contributed by atoms with Crippen molar-refractivity contribution in [3.05, 3.63) is 11.3 Å². The molecule has 2 rings (SSSR count). The van der Waals surface area contributed by atoms with Gasteiger partial charge < -0.3 is 13.8 Å². The number of nitrogens with zero attached hydrogens (tertiary/aromatic N) is 3. The van der Waals surface area contributed by atoms with Crippen LogP contribution < -0.4 is 4.18 Å². The van der Waals surface area contributed by atoms with Crippen LogP contribution in [0.5, 0.6) is 5.88 Å². The van der Waals surface area contributed by atoms with Crippen LogP contribution in [0.1, 0.15) is 58.8 Å². The third-order valence-corrected chi connectivity index (χ3v) is 5.20. The number of carbonyl (C=O) groups is 1. The third kappa shape index (κ3) is 5.14. The van der Waals surface area contributed by atoms with Gasteiger partial charge in [-0.05, 0) is 48.0 Å². The third-order valence-electron chi connectivity index (χ3n) is 4.26. The SMILES string of the molecule is CC1Cc2nn(C(C)C)c(OS(=O)(=O)C(F)(F)F)c2CCN1C(=O)OC(C)(C)C. The molecule has 12 heteroatoms. The zero-order valence-corrected chi connectivity index (χ0v) is 18.0. The number of fused-ring (bicyclic) bond motifs is 1. The van der Waals surface area contributed by atoms with Crippen molar-refractivity contribution in [2.75, 3.05) is 6.54 Å². The largest absolute Gasteiger partial charge is 0.534 e. The minimum absolute atomic E-state index is 0.0777. The Bertz CT molecular complexity index is 872. The maximum absolute atomic E-state index is 12.8. The Morgan fingerprint density at radius 2 is 1.83 bits per heavy atom. The van der Waals surface area contributed by atoms with Crippen molar-refractivity contribution < 1.29 is 35.3 Å². The lowest BCUT2D eigenvalue weighted by Crippen LogP contribution is -2.43. The van der Waals surface area contributed by atoms with Crippen LogP contribution in [0.2, 0.25) is 0 Å². The average Bonchev–Trinajstić information content (AvgIpc) is 2.73. The van der Waals surface area contributed by atoms with E-state index in [0.29, 0.717) is 5.69 Å². The minimum Gasteiger partial charge on any atom is -0.444 e. The standard InChI is InChI=1S/C17H26F3N3O5S/c1-10(2)23-14(28-29(25,26)17(18,19)20)12-7-8-22(11(3)9-13(12)21-23)15(24)27-16(4,5)6/h10-11H,7-9H2,1-6H3. The zero-order chi connectivity index (χ0) is 22.4. The molecule has 1 aliphatic heterocycles. The summed E-state index contributed by atoms with van der Waals surface area (Å²) in [6.07, 6.45) is -0.261. The summed E-state index contributed by atoms with van der Waals surface area (Å²) in [5, 5.41) is 4.28. The van der Waals surface area contributed by atoms with Crippen molar-refractivity contribution >= 4 is 16.2 Å². The number of hydrogen-bond donors (Lipinski definition) is 0. The van der Waals surface area contributed by atoms with Crippen molar-refractivity contribution in [2.45, 2.75) is 77.6 Å². The van der Waals surface area contributed by atoms with Crippen LogP contribution in [-0.4, -0.2) is 52.9 Å². The molecule has 0 bridgehead atoms. The average molecular weight is 441 g/mol. The predicted molar refractivity (Wildman–Crippen MR) is 98.0 cm³/mol. The van der Waals surface area contributed by atoms with Gasteiger partial charge in [-0.15, -0.1) is 0 Å². The van der Waals surface area contributed by atoms with E-state index in [-0.39, 0.29) is 31.0 Å². The lowest BCUT2D eigenvalue weighted by Gasteiger charge is -2.30. The molecule has 0 aromatic carbocycles. The molecule has 0 saturated carbocycles. The number of ether oxygens (including phenoxy) is 1. The lowest BCUT2D eigenvalue weighted by molar-refractivity contribution is -0.0503. The highest BCUT2D eigenvalue weighted by Crippen LogP contribution is 2.34. The molecule has 0 spiro atoms. The smallest absolute Gasteiger partial charge is 0.444 e. The first-order valence-corrected chi connectivity index (χ1v) is 10.5. The first-order chi connectivity index (χ1) is 13.0. The lowest BCUT2D eigenvalue weighted by atomic mass is 10.1. The van der Waals surface area contributed by atoms with Crippen LogP contribution in [0.4, 0.5) is 18.0 Å². The molecule has 1 unspecified atom stereocenters. The Kier molecular flexibility index (Phi) is 6.18. The molecular formula is C17H26F3N3O5S. The summed E-state index contributed by atoms with van der Waals surface area (Å²) in [5.41, 5.74) is -5.64. The van der Waals surface area contributed by atoms with Gasteiger partial charge in [0.05, 0.1) is 11.7 Å². The topological polar surface area (TPSA) is 90.7 Å². The van der Waals surface area contributed by atoms with E-state index in [1.54, 1.807) is 41.5 Å². The Morgan fingerprint density at radius 3 is 2.31 bits per heavy atom. The highest BCUT2D eigenvalue weighted by Gasteiger charge is 2.50. The van der Waals surface area contributed by atoms with Crippen molar-refractivity contribution in [2.24, 2.45) is 0 Å². The van der Waals surface area contributed by atoms with Crippen LogP contribution in [-0.2, 0) is 27.7 Å². The molecule has 0 N–H and O–H groups in total. The van der Waals surface area contributed by atoms with E-state index in [2.05, 4.69) is 9.28 Å². The molecule has 1 atom stereocenters. The van der Waals surface area contributed by atoms with Gasteiger partial charge in [0.1, 0.15) is 5.60 Å². The van der Waals surface area contributed by atoms with E-state index in [1.807, 2.05) is 0 Å². The molecule has 0 aliphatic carbocycles. The van der Waals surface area contributed by atoms with Gasteiger partial charge in [-0.2, -0.15) is 26.7 Å². The molecule has 1 amide bonds. The quantitative estimate of drug-likeness (QED) is 0.527. The Hall–Kier alpha value is -1.98. The van der Waals surface area contributed by atoms with Crippen molar-refractivity contribution in [3.8, 4) is 5.88 Å². The van der Waals surface area contributed by atoms with Crippen LogP contribution in [0.25, 0.3) is 0 Å². The molecule has 166 valence electrons. The first-order valence-electron chi connectivity index (χ1n) is 9.14. The second-order valence-corrected chi connectivity index (χ2v) is 9.77. The molecular weight excluding hydrogens is 415 g/mol. The number of rotatable bonds is 3. The fourth-order valence-corrected chi connectivity index (χ4v) is 3.42. The number of hydrogen-bond acceptors (Lipinski definition) is 6. The summed E-state index contributed by atoms with van der Waals surface area (Å²) < 4.78 is 72.7. The van der Waals surface area contributed by atoms with Crippen LogP contribution in [0.15, 0.2) is 0 Å².